The van der Waals surface area contributed by atoms with Crippen LogP contribution in [0.3, 0.4) is 0 Å². The van der Waals surface area contributed by atoms with Crippen LogP contribution in [0.2, 0.25) is 0 Å². The first kappa shape index (κ1) is 19.2. The molecule has 1 amide bonds. The maximum Gasteiger partial charge on any atom is 0.253 e. The van der Waals surface area contributed by atoms with Gasteiger partial charge in [0, 0.05) is 25.8 Å². The molecule has 2 heterocycles. The predicted octanol–water partition coefficient (Wildman–Crippen LogP) is 4.47. The van der Waals surface area contributed by atoms with Crippen LogP contribution in [0.5, 0.6) is 0 Å². The van der Waals surface area contributed by atoms with Gasteiger partial charge in [-0.3, -0.25) is 4.79 Å². The first-order valence-electron chi connectivity index (χ1n) is 10.3. The van der Waals surface area contributed by atoms with E-state index in [1.165, 1.54) is 18.4 Å². The van der Waals surface area contributed by atoms with Gasteiger partial charge in [-0.1, -0.05) is 60.7 Å². The molecule has 0 radical (unpaired) electrons. The Labute approximate surface area is 172 Å². The number of anilines is 1. The largest absolute Gasteiger partial charge is 0.357 e. The highest BCUT2D eigenvalue weighted by atomic mass is 16.1. The lowest BCUT2D eigenvalue weighted by molar-refractivity contribution is 0.0950. The molecular weight excluding hydrogens is 358 g/mol. The van der Waals surface area contributed by atoms with E-state index in [-0.39, 0.29) is 5.91 Å². The van der Waals surface area contributed by atoms with Crippen LogP contribution in [0, 0.1) is 5.92 Å². The molecule has 4 nitrogen and oxygen atoms in total. The molecular formula is C25H27N3O. The summed E-state index contributed by atoms with van der Waals surface area (Å²) in [6.07, 6.45) is 5.19. The van der Waals surface area contributed by atoms with Gasteiger partial charge in [0.25, 0.3) is 5.91 Å². The topological polar surface area (TPSA) is 45.2 Å². The third-order valence-corrected chi connectivity index (χ3v) is 5.61. The Hall–Kier alpha value is -3.14. The van der Waals surface area contributed by atoms with Crippen molar-refractivity contribution >= 4 is 11.7 Å². The molecule has 3 aromatic rings. The molecule has 1 aliphatic heterocycles. The van der Waals surface area contributed by atoms with Crippen LogP contribution in [-0.2, 0) is 13.0 Å². The number of carbonyl (C=O) groups is 1. The van der Waals surface area contributed by atoms with Crippen molar-refractivity contribution < 1.29 is 4.79 Å². The van der Waals surface area contributed by atoms with Crippen LogP contribution in [0.1, 0.15) is 34.3 Å². The number of amides is 1. The van der Waals surface area contributed by atoms with E-state index < -0.39 is 0 Å². The van der Waals surface area contributed by atoms with Crippen molar-refractivity contribution in [2.24, 2.45) is 5.92 Å². The van der Waals surface area contributed by atoms with Gasteiger partial charge in [0.15, 0.2) is 0 Å². The molecule has 2 aromatic carbocycles. The number of hydrogen-bond donors (Lipinski definition) is 1. The number of nitrogens with zero attached hydrogens (tertiary/aromatic N) is 2. The molecule has 0 atom stereocenters. The summed E-state index contributed by atoms with van der Waals surface area (Å²) in [6, 6.07) is 24.5. The number of carbonyl (C=O) groups excluding carboxylic acids is 1. The molecule has 1 N–H and O–H groups in total. The van der Waals surface area contributed by atoms with E-state index in [1.54, 1.807) is 6.20 Å². The van der Waals surface area contributed by atoms with Gasteiger partial charge in [0.2, 0.25) is 0 Å². The van der Waals surface area contributed by atoms with E-state index in [2.05, 4.69) is 45.5 Å². The number of aromatic nitrogens is 1. The summed E-state index contributed by atoms with van der Waals surface area (Å²) in [6.45, 7) is 2.56. The van der Waals surface area contributed by atoms with E-state index in [0.29, 0.717) is 12.1 Å². The fourth-order valence-electron chi connectivity index (χ4n) is 3.90. The van der Waals surface area contributed by atoms with Crippen molar-refractivity contribution in [3.8, 4) is 0 Å². The fraction of sp³-hybridized carbons (Fsp3) is 0.280. The van der Waals surface area contributed by atoms with Crippen molar-refractivity contribution in [1.29, 1.82) is 0 Å². The number of piperidine rings is 1. The molecule has 1 fully saturated rings. The molecule has 1 aromatic heterocycles. The number of pyridine rings is 1. The molecule has 1 aliphatic rings. The normalized spacial score (nSPS) is 14.6. The Morgan fingerprint density at radius 2 is 1.55 bits per heavy atom. The number of benzene rings is 2. The molecule has 148 valence electrons. The van der Waals surface area contributed by atoms with Crippen molar-refractivity contribution in [3.05, 3.63) is 95.7 Å². The summed E-state index contributed by atoms with van der Waals surface area (Å²) in [5.74, 6) is 1.61. The Balaban J connectivity index is 1.27. The summed E-state index contributed by atoms with van der Waals surface area (Å²) in [4.78, 5) is 19.2. The summed E-state index contributed by atoms with van der Waals surface area (Å²) >= 11 is 0. The molecule has 4 heteroatoms. The highest BCUT2D eigenvalue weighted by Gasteiger charge is 2.20. The molecule has 4 rings (SSSR count). The Bertz CT molecular complexity index is 902. The van der Waals surface area contributed by atoms with Gasteiger partial charge in [-0.05, 0) is 48.4 Å². The van der Waals surface area contributed by atoms with E-state index in [1.807, 2.05) is 42.5 Å². The maximum absolute atomic E-state index is 12.4. The average Bonchev–Trinajstić information content (AvgIpc) is 2.79. The number of nitrogens with one attached hydrogen (secondary N) is 1. The lowest BCUT2D eigenvalue weighted by atomic mass is 9.90. The first-order chi connectivity index (χ1) is 14.3. The van der Waals surface area contributed by atoms with E-state index >= 15 is 0 Å². The molecule has 29 heavy (non-hydrogen) atoms. The van der Waals surface area contributed by atoms with E-state index in [4.69, 9.17) is 0 Å². The zero-order valence-corrected chi connectivity index (χ0v) is 16.6. The van der Waals surface area contributed by atoms with E-state index in [0.717, 1.165) is 36.8 Å². The zero-order chi connectivity index (χ0) is 19.9. The summed E-state index contributed by atoms with van der Waals surface area (Å²) < 4.78 is 0. The lowest BCUT2D eigenvalue weighted by Gasteiger charge is -2.33. The third-order valence-electron chi connectivity index (χ3n) is 5.61. The van der Waals surface area contributed by atoms with Crippen molar-refractivity contribution in [2.75, 3.05) is 18.0 Å². The van der Waals surface area contributed by atoms with Gasteiger partial charge in [0.05, 0.1) is 5.56 Å². The van der Waals surface area contributed by atoms with Crippen LogP contribution < -0.4 is 10.2 Å². The first-order valence-corrected chi connectivity index (χ1v) is 10.3. The highest BCUT2D eigenvalue weighted by Crippen LogP contribution is 2.24. The van der Waals surface area contributed by atoms with Gasteiger partial charge >= 0.3 is 0 Å². The van der Waals surface area contributed by atoms with Gasteiger partial charge in [-0.2, -0.15) is 0 Å². The lowest BCUT2D eigenvalue weighted by Crippen LogP contribution is -2.35. The van der Waals surface area contributed by atoms with Gasteiger partial charge in [-0.25, -0.2) is 4.98 Å². The summed E-state index contributed by atoms with van der Waals surface area (Å²) in [5, 5.41) is 2.95. The van der Waals surface area contributed by atoms with Crippen LogP contribution in [-0.4, -0.2) is 24.0 Å². The average molecular weight is 386 g/mol. The molecule has 0 unspecified atom stereocenters. The predicted molar refractivity (Wildman–Crippen MR) is 117 cm³/mol. The highest BCUT2D eigenvalue weighted by molar-refractivity contribution is 5.94. The second kappa shape index (κ2) is 9.37. The van der Waals surface area contributed by atoms with Crippen molar-refractivity contribution in [3.63, 3.8) is 0 Å². The SMILES string of the molecule is O=C(NCc1ccccc1)c1ccc(N2CCC(Cc3ccccc3)CC2)nc1. The van der Waals surface area contributed by atoms with Crippen molar-refractivity contribution in [2.45, 2.75) is 25.8 Å². The number of hydrogen-bond acceptors (Lipinski definition) is 3. The monoisotopic (exact) mass is 385 g/mol. The second-order valence-corrected chi connectivity index (χ2v) is 7.69. The molecule has 0 aliphatic carbocycles. The van der Waals surface area contributed by atoms with Crippen LogP contribution >= 0.6 is 0 Å². The summed E-state index contributed by atoms with van der Waals surface area (Å²) in [5.41, 5.74) is 3.11. The Morgan fingerprint density at radius 3 is 2.17 bits per heavy atom. The standard InChI is InChI=1S/C25H27N3O/c29-25(27-18-22-9-5-2-6-10-22)23-11-12-24(26-19-23)28-15-13-21(14-16-28)17-20-7-3-1-4-8-20/h1-12,19,21H,13-18H2,(H,27,29). The van der Waals surface area contributed by atoms with Gasteiger partial charge in [-0.15, -0.1) is 0 Å². The zero-order valence-electron chi connectivity index (χ0n) is 16.6. The minimum atomic E-state index is -0.0885. The minimum absolute atomic E-state index is 0.0885. The molecule has 0 bridgehead atoms. The third kappa shape index (κ3) is 5.23. The number of rotatable bonds is 6. The summed E-state index contributed by atoms with van der Waals surface area (Å²) in [7, 11) is 0. The fourth-order valence-corrected chi connectivity index (χ4v) is 3.90. The Kier molecular flexibility index (Phi) is 6.20. The van der Waals surface area contributed by atoms with Gasteiger partial charge in [0.1, 0.15) is 5.82 Å². The maximum atomic E-state index is 12.4. The quantitative estimate of drug-likeness (QED) is 0.681. The van der Waals surface area contributed by atoms with Crippen LogP contribution in [0.25, 0.3) is 0 Å². The van der Waals surface area contributed by atoms with Crippen molar-refractivity contribution in [1.82, 2.24) is 10.3 Å². The van der Waals surface area contributed by atoms with Gasteiger partial charge < -0.3 is 10.2 Å². The molecule has 0 spiro atoms. The molecule has 1 saturated heterocycles. The smallest absolute Gasteiger partial charge is 0.253 e. The molecule has 0 saturated carbocycles. The van der Waals surface area contributed by atoms with E-state index in [9.17, 15) is 4.79 Å². The van der Waals surface area contributed by atoms with Crippen LogP contribution in [0.15, 0.2) is 79.0 Å². The Morgan fingerprint density at radius 1 is 0.897 bits per heavy atom. The minimum Gasteiger partial charge on any atom is -0.357 e. The van der Waals surface area contributed by atoms with Crippen LogP contribution in [0.4, 0.5) is 5.82 Å². The second-order valence-electron chi connectivity index (χ2n) is 7.69.